The fourth-order valence-corrected chi connectivity index (χ4v) is 1.76. The Balaban J connectivity index is 2.61. The third-order valence-corrected chi connectivity index (χ3v) is 2.72. The van der Waals surface area contributed by atoms with E-state index in [2.05, 4.69) is 9.97 Å². The number of methoxy groups -OCH3 is 1. The summed E-state index contributed by atoms with van der Waals surface area (Å²) < 4.78 is 18.6. The number of nitrogen functional groups attached to an aromatic ring is 1. The first-order valence-corrected chi connectivity index (χ1v) is 5.99. The summed E-state index contributed by atoms with van der Waals surface area (Å²) in [6.07, 6.45) is 0. The lowest BCUT2D eigenvalue weighted by molar-refractivity contribution is 0.415. The van der Waals surface area contributed by atoms with Crippen molar-refractivity contribution in [2.24, 2.45) is 0 Å². The number of hydrogen-bond acceptors (Lipinski definition) is 4. The van der Waals surface area contributed by atoms with Crippen molar-refractivity contribution in [1.29, 1.82) is 0 Å². The standard InChI is InChI=1S/C14H16FN3O/c1-8(2)14-17-11(7-13(16)18-14)10-6-9(15)4-5-12(10)19-3/h4-8H,1-3H3,(H2,16,17,18). The molecule has 0 amide bonds. The molecule has 0 aliphatic carbocycles. The molecular weight excluding hydrogens is 245 g/mol. The predicted molar refractivity (Wildman–Crippen MR) is 72.5 cm³/mol. The maximum absolute atomic E-state index is 13.4. The molecule has 0 saturated heterocycles. The first-order valence-electron chi connectivity index (χ1n) is 5.99. The van der Waals surface area contributed by atoms with Gasteiger partial charge in [0, 0.05) is 17.5 Å². The molecule has 0 bridgehead atoms. The van der Waals surface area contributed by atoms with Gasteiger partial charge in [-0.15, -0.1) is 0 Å². The Hall–Kier alpha value is -2.17. The first-order chi connectivity index (χ1) is 9.01. The SMILES string of the molecule is COc1ccc(F)cc1-c1cc(N)nc(C(C)C)n1. The summed E-state index contributed by atoms with van der Waals surface area (Å²) in [4.78, 5) is 8.58. The van der Waals surface area contributed by atoms with Crippen LogP contribution in [0.2, 0.25) is 0 Å². The molecule has 2 aromatic rings. The minimum Gasteiger partial charge on any atom is -0.496 e. The largest absolute Gasteiger partial charge is 0.496 e. The third kappa shape index (κ3) is 2.81. The van der Waals surface area contributed by atoms with E-state index >= 15 is 0 Å². The van der Waals surface area contributed by atoms with Gasteiger partial charge < -0.3 is 10.5 Å². The molecule has 2 N–H and O–H groups in total. The average Bonchev–Trinajstić information content (AvgIpc) is 2.37. The summed E-state index contributed by atoms with van der Waals surface area (Å²) in [5.74, 6) is 1.33. The van der Waals surface area contributed by atoms with Gasteiger partial charge in [0.25, 0.3) is 0 Å². The summed E-state index contributed by atoms with van der Waals surface area (Å²) in [6.45, 7) is 3.95. The zero-order chi connectivity index (χ0) is 14.0. The molecule has 1 aromatic heterocycles. The van der Waals surface area contributed by atoms with Gasteiger partial charge in [0.1, 0.15) is 23.2 Å². The average molecular weight is 261 g/mol. The summed E-state index contributed by atoms with van der Waals surface area (Å²) >= 11 is 0. The van der Waals surface area contributed by atoms with Crippen LogP contribution in [0.3, 0.4) is 0 Å². The van der Waals surface area contributed by atoms with E-state index in [1.54, 1.807) is 12.1 Å². The van der Waals surface area contributed by atoms with Crippen molar-refractivity contribution >= 4 is 5.82 Å². The van der Waals surface area contributed by atoms with Crippen molar-refractivity contribution in [1.82, 2.24) is 9.97 Å². The van der Waals surface area contributed by atoms with Gasteiger partial charge in [0.2, 0.25) is 0 Å². The van der Waals surface area contributed by atoms with Crippen LogP contribution in [0.25, 0.3) is 11.3 Å². The van der Waals surface area contributed by atoms with E-state index < -0.39 is 0 Å². The van der Waals surface area contributed by atoms with Gasteiger partial charge in [-0.1, -0.05) is 13.8 Å². The Morgan fingerprint density at radius 2 is 1.95 bits per heavy atom. The van der Waals surface area contributed by atoms with Crippen LogP contribution in [0.1, 0.15) is 25.6 Å². The zero-order valence-electron chi connectivity index (χ0n) is 11.1. The van der Waals surface area contributed by atoms with Crippen LogP contribution in [0.5, 0.6) is 5.75 Å². The zero-order valence-corrected chi connectivity index (χ0v) is 11.1. The predicted octanol–water partition coefficient (Wildman–Crippen LogP) is 3.00. The van der Waals surface area contributed by atoms with Gasteiger partial charge >= 0.3 is 0 Å². The molecular formula is C14H16FN3O. The van der Waals surface area contributed by atoms with Crippen LogP contribution >= 0.6 is 0 Å². The highest BCUT2D eigenvalue weighted by molar-refractivity contribution is 5.69. The highest BCUT2D eigenvalue weighted by Crippen LogP contribution is 2.30. The summed E-state index contributed by atoms with van der Waals surface area (Å²) in [6, 6.07) is 5.90. The van der Waals surface area contributed by atoms with Crippen LogP contribution in [-0.4, -0.2) is 17.1 Å². The molecule has 5 heteroatoms. The van der Waals surface area contributed by atoms with Gasteiger partial charge in [0.15, 0.2) is 0 Å². The minimum atomic E-state index is -0.348. The number of ether oxygens (including phenoxy) is 1. The lowest BCUT2D eigenvalue weighted by atomic mass is 10.1. The number of anilines is 1. The van der Waals surface area contributed by atoms with Crippen molar-refractivity contribution in [3.8, 4) is 17.0 Å². The number of nitrogens with two attached hydrogens (primary N) is 1. The highest BCUT2D eigenvalue weighted by Gasteiger charge is 2.12. The number of hydrogen-bond donors (Lipinski definition) is 1. The van der Waals surface area contributed by atoms with E-state index in [-0.39, 0.29) is 11.7 Å². The molecule has 0 aliphatic rings. The molecule has 0 atom stereocenters. The molecule has 0 fully saturated rings. The number of halogens is 1. The lowest BCUT2D eigenvalue weighted by Gasteiger charge is -2.11. The van der Waals surface area contributed by atoms with Gasteiger partial charge in [0.05, 0.1) is 12.8 Å². The lowest BCUT2D eigenvalue weighted by Crippen LogP contribution is -2.03. The smallest absolute Gasteiger partial charge is 0.133 e. The second-order valence-corrected chi connectivity index (χ2v) is 4.54. The van der Waals surface area contributed by atoms with E-state index in [4.69, 9.17) is 10.5 Å². The Kier molecular flexibility index (Phi) is 3.64. The van der Waals surface area contributed by atoms with E-state index in [0.29, 0.717) is 28.6 Å². The maximum Gasteiger partial charge on any atom is 0.133 e. The van der Waals surface area contributed by atoms with E-state index in [1.165, 1.54) is 19.2 Å². The summed E-state index contributed by atoms with van der Waals surface area (Å²) in [7, 11) is 1.53. The van der Waals surface area contributed by atoms with Gasteiger partial charge in [-0.3, -0.25) is 0 Å². The number of rotatable bonds is 3. The molecule has 0 spiro atoms. The number of nitrogens with zero attached hydrogens (tertiary/aromatic N) is 2. The van der Waals surface area contributed by atoms with E-state index in [9.17, 15) is 4.39 Å². The van der Waals surface area contributed by atoms with Crippen molar-refractivity contribution in [3.05, 3.63) is 35.9 Å². The van der Waals surface area contributed by atoms with Crippen molar-refractivity contribution in [2.45, 2.75) is 19.8 Å². The Morgan fingerprint density at radius 3 is 2.58 bits per heavy atom. The fraction of sp³-hybridized carbons (Fsp3) is 0.286. The molecule has 4 nitrogen and oxygen atoms in total. The van der Waals surface area contributed by atoms with Gasteiger partial charge in [-0.05, 0) is 18.2 Å². The van der Waals surface area contributed by atoms with Crippen molar-refractivity contribution in [3.63, 3.8) is 0 Å². The highest BCUT2D eigenvalue weighted by atomic mass is 19.1. The molecule has 0 saturated carbocycles. The van der Waals surface area contributed by atoms with Crippen LogP contribution < -0.4 is 10.5 Å². The van der Waals surface area contributed by atoms with E-state index in [0.717, 1.165) is 0 Å². The Labute approximate surface area is 111 Å². The summed E-state index contributed by atoms with van der Waals surface area (Å²) in [5, 5.41) is 0. The third-order valence-electron chi connectivity index (χ3n) is 2.72. The van der Waals surface area contributed by atoms with Crippen LogP contribution in [-0.2, 0) is 0 Å². The van der Waals surface area contributed by atoms with Crippen LogP contribution in [0, 0.1) is 5.82 Å². The Morgan fingerprint density at radius 1 is 1.21 bits per heavy atom. The van der Waals surface area contributed by atoms with Gasteiger partial charge in [-0.2, -0.15) is 0 Å². The molecule has 2 rings (SSSR count). The topological polar surface area (TPSA) is 61.0 Å². The van der Waals surface area contributed by atoms with Crippen molar-refractivity contribution in [2.75, 3.05) is 12.8 Å². The molecule has 1 heterocycles. The van der Waals surface area contributed by atoms with E-state index in [1.807, 2.05) is 13.8 Å². The monoisotopic (exact) mass is 261 g/mol. The molecule has 100 valence electrons. The van der Waals surface area contributed by atoms with Crippen LogP contribution in [0.4, 0.5) is 10.2 Å². The molecule has 19 heavy (non-hydrogen) atoms. The number of aromatic nitrogens is 2. The first kappa shape index (κ1) is 13.3. The van der Waals surface area contributed by atoms with Crippen LogP contribution in [0.15, 0.2) is 24.3 Å². The molecule has 0 unspecified atom stereocenters. The molecule has 0 aliphatic heterocycles. The molecule has 1 aromatic carbocycles. The van der Waals surface area contributed by atoms with Crippen molar-refractivity contribution < 1.29 is 9.13 Å². The molecule has 0 radical (unpaired) electrons. The quantitative estimate of drug-likeness (QED) is 0.922. The Bertz CT molecular complexity index is 599. The maximum atomic E-state index is 13.4. The second kappa shape index (κ2) is 5.22. The number of benzene rings is 1. The fourth-order valence-electron chi connectivity index (χ4n) is 1.76. The second-order valence-electron chi connectivity index (χ2n) is 4.54. The van der Waals surface area contributed by atoms with Gasteiger partial charge in [-0.25, -0.2) is 14.4 Å². The normalized spacial score (nSPS) is 10.8. The summed E-state index contributed by atoms with van der Waals surface area (Å²) in [5.41, 5.74) is 6.91. The minimum absolute atomic E-state index is 0.141.